The Kier molecular flexibility index (Phi) is 6.45. The van der Waals surface area contributed by atoms with Gasteiger partial charge >= 0.3 is 6.18 Å². The smallest absolute Gasteiger partial charge is 0.418 e. The summed E-state index contributed by atoms with van der Waals surface area (Å²) >= 11 is 1.13. The van der Waals surface area contributed by atoms with Gasteiger partial charge in [-0.25, -0.2) is 15.0 Å². The van der Waals surface area contributed by atoms with E-state index in [0.717, 1.165) is 30.9 Å². The second-order valence-corrected chi connectivity index (χ2v) is 7.55. The van der Waals surface area contributed by atoms with Gasteiger partial charge in [-0.3, -0.25) is 0 Å². The Hall–Kier alpha value is -3.01. The topological polar surface area (TPSA) is 69.2 Å². The van der Waals surface area contributed by atoms with Crippen LogP contribution in [-0.4, -0.2) is 28.2 Å². The Labute approximate surface area is 181 Å². The van der Waals surface area contributed by atoms with Crippen LogP contribution in [0.25, 0.3) is 11.3 Å². The Morgan fingerprint density at radius 3 is 2.58 bits per heavy atom. The highest BCUT2D eigenvalue weighted by molar-refractivity contribution is 8.00. The van der Waals surface area contributed by atoms with Crippen LogP contribution < -0.4 is 14.2 Å². The minimum Gasteiger partial charge on any atom is -0.478 e. The van der Waals surface area contributed by atoms with Crippen LogP contribution >= 0.6 is 11.9 Å². The van der Waals surface area contributed by atoms with Crippen molar-refractivity contribution in [2.75, 3.05) is 17.9 Å². The van der Waals surface area contributed by atoms with Gasteiger partial charge in [0.25, 0.3) is 0 Å². The maximum Gasteiger partial charge on any atom is 0.418 e. The van der Waals surface area contributed by atoms with E-state index in [1.54, 1.807) is 18.2 Å². The Morgan fingerprint density at radius 1 is 0.903 bits per heavy atom. The van der Waals surface area contributed by atoms with Gasteiger partial charge in [-0.1, -0.05) is 6.07 Å². The molecule has 31 heavy (non-hydrogen) atoms. The van der Waals surface area contributed by atoms with Crippen molar-refractivity contribution >= 4 is 17.8 Å². The van der Waals surface area contributed by atoms with Gasteiger partial charge in [0, 0.05) is 24.2 Å². The second kappa shape index (κ2) is 9.42. The molecular formula is C21H19F3N4O2S. The number of rotatable bonds is 0. The van der Waals surface area contributed by atoms with Crippen molar-refractivity contribution in [2.24, 2.45) is 0 Å². The molecule has 4 bridgehead atoms. The molecule has 162 valence electrons. The highest BCUT2D eigenvalue weighted by atomic mass is 32.2. The predicted octanol–water partition coefficient (Wildman–Crippen LogP) is 5.62. The van der Waals surface area contributed by atoms with E-state index in [9.17, 15) is 13.2 Å². The van der Waals surface area contributed by atoms with Gasteiger partial charge in [-0.15, -0.1) is 0 Å². The number of hydrogen-bond acceptors (Lipinski definition) is 7. The van der Waals surface area contributed by atoms with Crippen LogP contribution in [-0.2, 0) is 6.18 Å². The lowest BCUT2D eigenvalue weighted by Crippen LogP contribution is -2.10. The molecule has 6 nitrogen and oxygen atoms in total. The molecule has 1 N–H and O–H groups in total. The fraction of sp³-hybridized carbons (Fsp3) is 0.286. The van der Waals surface area contributed by atoms with Gasteiger partial charge < -0.3 is 14.2 Å². The Bertz CT molecular complexity index is 1050. The Morgan fingerprint density at radius 2 is 1.74 bits per heavy atom. The van der Waals surface area contributed by atoms with Crippen LogP contribution in [0.5, 0.6) is 11.8 Å². The molecule has 0 aliphatic carbocycles. The third kappa shape index (κ3) is 5.38. The minimum atomic E-state index is -4.58. The molecule has 4 rings (SSSR count). The largest absolute Gasteiger partial charge is 0.478 e. The number of hydrogen-bond donors (Lipinski definition) is 1. The monoisotopic (exact) mass is 448 g/mol. The zero-order valence-electron chi connectivity index (χ0n) is 16.4. The zero-order chi connectivity index (χ0) is 21.7. The highest BCUT2D eigenvalue weighted by Crippen LogP contribution is 2.39. The molecule has 0 unspecified atom stereocenters. The van der Waals surface area contributed by atoms with Gasteiger partial charge in [0.1, 0.15) is 10.8 Å². The highest BCUT2D eigenvalue weighted by Gasteiger charge is 2.35. The third-order valence-electron chi connectivity index (χ3n) is 4.46. The van der Waals surface area contributed by atoms with E-state index >= 15 is 0 Å². The molecule has 0 saturated carbocycles. The lowest BCUT2D eigenvalue weighted by molar-refractivity contribution is -0.137. The van der Waals surface area contributed by atoms with Gasteiger partial charge in [0.2, 0.25) is 11.8 Å². The molecule has 0 atom stereocenters. The molecular weight excluding hydrogens is 429 g/mol. The van der Waals surface area contributed by atoms with E-state index in [2.05, 4.69) is 19.7 Å². The van der Waals surface area contributed by atoms with Crippen LogP contribution in [0.1, 0.15) is 24.8 Å². The SMILES string of the molecule is FC(F)(F)c1ccc2nc1-c1cccnc1OCCCCCOc1cccc(n1)SN2. The summed E-state index contributed by atoms with van der Waals surface area (Å²) in [5.41, 5.74) is -0.904. The summed E-state index contributed by atoms with van der Waals surface area (Å²) in [6, 6.07) is 10.7. The van der Waals surface area contributed by atoms with Gasteiger partial charge in [-0.05, 0) is 49.6 Å². The molecule has 0 saturated heterocycles. The molecule has 1 aliphatic rings. The average molecular weight is 448 g/mol. The standard InChI is InChI=1S/C21H19F3N4O2S/c22-21(23,24)15-9-10-16-26-19(15)14-6-5-11-25-20(14)30-13-3-1-2-12-29-17-7-4-8-18(27-17)31-28-16/h4-11H,1-3,12-13H2,(H,26,28). The van der Waals surface area contributed by atoms with Crippen LogP contribution in [0.2, 0.25) is 0 Å². The summed E-state index contributed by atoms with van der Waals surface area (Å²) in [4.78, 5) is 12.8. The number of aromatic nitrogens is 3. The average Bonchev–Trinajstić information content (AvgIpc) is 2.76. The quantitative estimate of drug-likeness (QED) is 0.448. The first kappa shape index (κ1) is 21.2. The molecule has 0 amide bonds. The molecule has 0 radical (unpaired) electrons. The van der Waals surface area contributed by atoms with Crippen molar-refractivity contribution in [1.29, 1.82) is 0 Å². The first-order chi connectivity index (χ1) is 15.0. The van der Waals surface area contributed by atoms with Crippen molar-refractivity contribution in [3.8, 4) is 23.0 Å². The van der Waals surface area contributed by atoms with Gasteiger partial charge in [-0.2, -0.15) is 13.2 Å². The molecule has 0 aromatic carbocycles. The van der Waals surface area contributed by atoms with Crippen molar-refractivity contribution in [2.45, 2.75) is 30.5 Å². The predicted molar refractivity (Wildman–Crippen MR) is 111 cm³/mol. The molecule has 0 fully saturated rings. The van der Waals surface area contributed by atoms with Crippen LogP contribution in [0.3, 0.4) is 0 Å². The number of fused-ring (bicyclic) bond motifs is 6. The maximum atomic E-state index is 13.7. The summed E-state index contributed by atoms with van der Waals surface area (Å²) in [6.45, 7) is 0.841. The normalized spacial score (nSPS) is 14.9. The number of nitrogens with zero attached hydrogens (tertiary/aromatic N) is 3. The van der Waals surface area contributed by atoms with E-state index in [-0.39, 0.29) is 23.0 Å². The van der Waals surface area contributed by atoms with Crippen molar-refractivity contribution in [3.63, 3.8) is 0 Å². The number of halogens is 3. The Balaban J connectivity index is 1.74. The van der Waals surface area contributed by atoms with E-state index in [1.165, 1.54) is 18.3 Å². The summed E-state index contributed by atoms with van der Waals surface area (Å²) in [7, 11) is 0. The molecule has 1 aliphatic heterocycles. The lowest BCUT2D eigenvalue weighted by atomic mass is 10.1. The second-order valence-electron chi connectivity index (χ2n) is 6.72. The minimum absolute atomic E-state index is 0.124. The van der Waals surface area contributed by atoms with Crippen LogP contribution in [0, 0.1) is 0 Å². The number of ether oxygens (including phenoxy) is 2. The van der Waals surface area contributed by atoms with Gasteiger partial charge in [0.15, 0.2) is 0 Å². The number of alkyl halides is 3. The maximum absolute atomic E-state index is 13.7. The van der Waals surface area contributed by atoms with Crippen molar-refractivity contribution in [1.82, 2.24) is 15.0 Å². The summed E-state index contributed by atoms with van der Waals surface area (Å²) in [6.07, 6.45) is -0.744. The van der Waals surface area contributed by atoms with Crippen LogP contribution in [0.4, 0.5) is 19.0 Å². The van der Waals surface area contributed by atoms with E-state index in [1.807, 2.05) is 6.07 Å². The van der Waals surface area contributed by atoms with Gasteiger partial charge in [0.05, 0.1) is 30.0 Å². The molecule has 3 aromatic rings. The first-order valence-corrected chi connectivity index (χ1v) is 10.5. The lowest BCUT2D eigenvalue weighted by Gasteiger charge is -2.16. The fourth-order valence-electron chi connectivity index (χ4n) is 3.00. The van der Waals surface area contributed by atoms with Crippen molar-refractivity contribution < 1.29 is 22.6 Å². The molecule has 3 aromatic heterocycles. The number of nitrogens with one attached hydrogen (secondary N) is 1. The molecule has 4 heterocycles. The summed E-state index contributed by atoms with van der Waals surface area (Å²) in [5, 5.41) is 0.607. The van der Waals surface area contributed by atoms with E-state index in [4.69, 9.17) is 9.47 Å². The van der Waals surface area contributed by atoms with E-state index in [0.29, 0.717) is 30.5 Å². The summed E-state index contributed by atoms with van der Waals surface area (Å²) in [5.74, 6) is 0.865. The molecule has 0 spiro atoms. The first-order valence-electron chi connectivity index (χ1n) is 9.70. The number of pyridine rings is 3. The summed E-state index contributed by atoms with van der Waals surface area (Å²) < 4.78 is 55.5. The molecule has 10 heteroatoms. The fourth-order valence-corrected chi connectivity index (χ4v) is 3.61. The van der Waals surface area contributed by atoms with Crippen molar-refractivity contribution in [3.05, 3.63) is 54.2 Å². The third-order valence-corrected chi connectivity index (χ3v) is 5.21. The van der Waals surface area contributed by atoms with Crippen LogP contribution in [0.15, 0.2) is 53.7 Å². The zero-order valence-corrected chi connectivity index (χ0v) is 17.2. The number of anilines is 1. The van der Waals surface area contributed by atoms with E-state index < -0.39 is 11.7 Å².